The van der Waals surface area contributed by atoms with Gasteiger partial charge in [-0.15, -0.1) is 5.10 Å². The molecule has 0 aliphatic carbocycles. The fourth-order valence-electron chi connectivity index (χ4n) is 3.02. The van der Waals surface area contributed by atoms with Crippen molar-refractivity contribution in [3.05, 3.63) is 87.9 Å². The summed E-state index contributed by atoms with van der Waals surface area (Å²) in [6.07, 6.45) is 1.59. The first kappa shape index (κ1) is 19.2. The van der Waals surface area contributed by atoms with E-state index < -0.39 is 0 Å². The van der Waals surface area contributed by atoms with E-state index in [4.69, 9.17) is 23.2 Å². The van der Waals surface area contributed by atoms with Crippen molar-refractivity contribution in [2.24, 2.45) is 10.2 Å². The Bertz CT molecular complexity index is 1130. The van der Waals surface area contributed by atoms with Crippen molar-refractivity contribution in [1.29, 1.82) is 0 Å². The third kappa shape index (κ3) is 4.01. The molecular formula is C22H16Cl2N4O. The summed E-state index contributed by atoms with van der Waals surface area (Å²) < 4.78 is 0. The van der Waals surface area contributed by atoms with Gasteiger partial charge in [-0.05, 0) is 42.0 Å². The second kappa shape index (κ2) is 8.07. The van der Waals surface area contributed by atoms with Crippen LogP contribution in [0.25, 0.3) is 0 Å². The Kier molecular flexibility index (Phi) is 5.34. The van der Waals surface area contributed by atoms with Crippen LogP contribution in [-0.4, -0.2) is 24.9 Å². The molecule has 0 radical (unpaired) electrons. The normalized spacial score (nSPS) is 14.3. The number of amides is 1. The van der Waals surface area contributed by atoms with Crippen LogP contribution in [0.3, 0.4) is 0 Å². The predicted molar refractivity (Wildman–Crippen MR) is 120 cm³/mol. The molecule has 29 heavy (non-hydrogen) atoms. The summed E-state index contributed by atoms with van der Waals surface area (Å²) in [6, 6.07) is 21.2. The van der Waals surface area contributed by atoms with Gasteiger partial charge in [0.25, 0.3) is 5.91 Å². The zero-order valence-electron chi connectivity index (χ0n) is 15.4. The highest BCUT2D eigenvalue weighted by atomic mass is 35.5. The monoisotopic (exact) mass is 422 g/mol. The highest BCUT2D eigenvalue weighted by molar-refractivity contribution is 6.56. The lowest BCUT2D eigenvalue weighted by Gasteiger charge is -2.19. The van der Waals surface area contributed by atoms with Gasteiger partial charge in [0, 0.05) is 29.0 Å². The van der Waals surface area contributed by atoms with Crippen molar-refractivity contribution < 1.29 is 4.79 Å². The minimum atomic E-state index is -0.360. The zero-order valence-corrected chi connectivity index (χ0v) is 16.9. The van der Waals surface area contributed by atoms with Crippen molar-refractivity contribution in [3.63, 3.8) is 0 Å². The number of benzene rings is 3. The summed E-state index contributed by atoms with van der Waals surface area (Å²) in [5.41, 5.74) is 4.24. The summed E-state index contributed by atoms with van der Waals surface area (Å²) in [6.45, 7) is 0. The van der Waals surface area contributed by atoms with Crippen LogP contribution in [0.5, 0.6) is 0 Å². The summed E-state index contributed by atoms with van der Waals surface area (Å²) in [5, 5.41) is 11.6. The van der Waals surface area contributed by atoms with E-state index in [-0.39, 0.29) is 11.6 Å². The van der Waals surface area contributed by atoms with Crippen molar-refractivity contribution >= 4 is 58.1 Å². The van der Waals surface area contributed by atoms with Crippen LogP contribution < -0.4 is 10.2 Å². The molecule has 0 saturated carbocycles. The molecule has 0 atom stereocenters. The van der Waals surface area contributed by atoms with Gasteiger partial charge in [0.1, 0.15) is 0 Å². The zero-order chi connectivity index (χ0) is 20.4. The molecule has 0 aromatic heterocycles. The van der Waals surface area contributed by atoms with Crippen molar-refractivity contribution in [2.75, 3.05) is 17.3 Å². The van der Waals surface area contributed by atoms with Crippen LogP contribution in [-0.2, 0) is 4.79 Å². The first-order valence-corrected chi connectivity index (χ1v) is 9.59. The minimum absolute atomic E-state index is 0.182. The molecule has 5 nitrogen and oxygen atoms in total. The van der Waals surface area contributed by atoms with Gasteiger partial charge < -0.3 is 10.2 Å². The van der Waals surface area contributed by atoms with Gasteiger partial charge in [-0.1, -0.05) is 53.5 Å². The van der Waals surface area contributed by atoms with Gasteiger partial charge in [-0.2, -0.15) is 5.10 Å². The quantitative estimate of drug-likeness (QED) is 0.443. The highest BCUT2D eigenvalue weighted by Crippen LogP contribution is 2.34. The fraction of sp³-hybridized carbons (Fsp3) is 0.0455. The van der Waals surface area contributed by atoms with Crippen LogP contribution in [0.1, 0.15) is 11.1 Å². The van der Waals surface area contributed by atoms with E-state index >= 15 is 0 Å². The lowest BCUT2D eigenvalue weighted by molar-refractivity contribution is -0.110. The first-order chi connectivity index (χ1) is 14.0. The molecule has 0 unspecified atom stereocenters. The van der Waals surface area contributed by atoms with Crippen molar-refractivity contribution in [1.82, 2.24) is 0 Å². The molecule has 0 saturated heterocycles. The second-order valence-corrected chi connectivity index (χ2v) is 7.29. The maximum atomic E-state index is 12.2. The summed E-state index contributed by atoms with van der Waals surface area (Å²) in [5.74, 6) is -0.360. The van der Waals surface area contributed by atoms with E-state index in [0.717, 1.165) is 16.9 Å². The van der Waals surface area contributed by atoms with Crippen LogP contribution in [0.15, 0.2) is 76.9 Å². The Morgan fingerprint density at radius 1 is 0.966 bits per heavy atom. The molecule has 1 amide bonds. The largest absolute Gasteiger partial charge is 0.345 e. The summed E-state index contributed by atoms with van der Waals surface area (Å²) >= 11 is 12.2. The fourth-order valence-corrected chi connectivity index (χ4v) is 3.56. The number of nitrogens with zero attached hydrogens (tertiary/aromatic N) is 3. The van der Waals surface area contributed by atoms with E-state index in [0.29, 0.717) is 21.3 Å². The van der Waals surface area contributed by atoms with Gasteiger partial charge in [0.15, 0.2) is 5.71 Å². The van der Waals surface area contributed by atoms with Crippen LogP contribution in [0.2, 0.25) is 10.0 Å². The molecule has 3 aromatic carbocycles. The molecular weight excluding hydrogens is 407 g/mol. The SMILES string of the molecule is CN(c1ccccc1)c1ccc(/C=N/N=C2/C(=O)Nc3c(Cl)cc(Cl)cc32)cc1. The van der Waals surface area contributed by atoms with Gasteiger partial charge in [0.05, 0.1) is 16.9 Å². The Hall–Kier alpha value is -3.15. The number of fused-ring (bicyclic) bond motifs is 1. The van der Waals surface area contributed by atoms with E-state index in [2.05, 4.69) is 32.6 Å². The molecule has 4 rings (SSSR count). The van der Waals surface area contributed by atoms with Crippen LogP contribution in [0, 0.1) is 0 Å². The lowest BCUT2D eigenvalue weighted by Crippen LogP contribution is -2.13. The number of halogens is 2. The van der Waals surface area contributed by atoms with E-state index in [1.165, 1.54) is 0 Å². The molecule has 1 N–H and O–H groups in total. The number of nitrogens with one attached hydrogen (secondary N) is 1. The van der Waals surface area contributed by atoms with E-state index in [1.807, 2.05) is 49.5 Å². The third-order valence-corrected chi connectivity index (χ3v) is 5.07. The number of carbonyl (C=O) groups excluding carboxylic acids is 1. The summed E-state index contributed by atoms with van der Waals surface area (Å²) in [7, 11) is 2.01. The molecule has 144 valence electrons. The lowest BCUT2D eigenvalue weighted by atomic mass is 10.1. The number of hydrogen-bond acceptors (Lipinski definition) is 4. The Labute approximate surface area is 178 Å². The van der Waals surface area contributed by atoms with Crippen molar-refractivity contribution in [2.45, 2.75) is 0 Å². The number of hydrogen-bond donors (Lipinski definition) is 1. The summed E-state index contributed by atoms with van der Waals surface area (Å²) in [4.78, 5) is 14.3. The smallest absolute Gasteiger partial charge is 0.276 e. The molecule has 1 aliphatic heterocycles. The highest BCUT2D eigenvalue weighted by Gasteiger charge is 2.28. The molecule has 1 heterocycles. The van der Waals surface area contributed by atoms with Gasteiger partial charge >= 0.3 is 0 Å². The third-order valence-electron chi connectivity index (χ3n) is 4.55. The maximum Gasteiger partial charge on any atom is 0.276 e. The van der Waals surface area contributed by atoms with Crippen LogP contribution >= 0.6 is 23.2 Å². The predicted octanol–water partition coefficient (Wildman–Crippen LogP) is 5.54. The van der Waals surface area contributed by atoms with Gasteiger partial charge in [-0.3, -0.25) is 4.79 Å². The van der Waals surface area contributed by atoms with E-state index in [1.54, 1.807) is 18.3 Å². The molecule has 0 spiro atoms. The number of carbonyl (C=O) groups is 1. The Morgan fingerprint density at radius 2 is 1.66 bits per heavy atom. The van der Waals surface area contributed by atoms with Crippen LogP contribution in [0.4, 0.5) is 17.1 Å². The Morgan fingerprint density at radius 3 is 2.38 bits per heavy atom. The second-order valence-electron chi connectivity index (χ2n) is 6.44. The topological polar surface area (TPSA) is 57.1 Å². The molecule has 7 heteroatoms. The standard InChI is InChI=1S/C22H16Cl2N4O/c1-28(16-5-3-2-4-6-16)17-9-7-14(8-10-17)13-25-27-21-18-11-15(23)12-19(24)20(18)26-22(21)29/h2-13H,1H3,(H,26,27,29)/b25-13+. The minimum Gasteiger partial charge on any atom is -0.345 e. The molecule has 0 fully saturated rings. The van der Waals surface area contributed by atoms with E-state index in [9.17, 15) is 4.79 Å². The molecule has 0 bridgehead atoms. The first-order valence-electron chi connectivity index (χ1n) is 8.83. The van der Waals surface area contributed by atoms with Gasteiger partial charge in [-0.25, -0.2) is 0 Å². The number of anilines is 3. The molecule has 1 aliphatic rings. The van der Waals surface area contributed by atoms with Crippen molar-refractivity contribution in [3.8, 4) is 0 Å². The average Bonchev–Trinajstić information content (AvgIpc) is 3.04. The number of para-hydroxylation sites is 1. The Balaban J connectivity index is 1.53. The molecule has 3 aromatic rings. The number of rotatable bonds is 4. The van der Waals surface area contributed by atoms with Gasteiger partial charge in [0.2, 0.25) is 0 Å². The average molecular weight is 423 g/mol. The maximum absolute atomic E-state index is 12.2.